The van der Waals surface area contributed by atoms with E-state index in [-0.39, 0.29) is 18.6 Å². The number of amides is 1. The Hall–Kier alpha value is -1.92. The number of anilines is 1. The minimum atomic E-state index is -0.252. The minimum absolute atomic E-state index is 0.0536. The van der Waals surface area contributed by atoms with E-state index in [2.05, 4.69) is 10.3 Å². The molecule has 1 heterocycles. The number of hydrogen-bond acceptors (Lipinski definition) is 5. The Kier molecular flexibility index (Phi) is 4.70. The number of nitrogens with one attached hydrogen (secondary N) is 1. The summed E-state index contributed by atoms with van der Waals surface area (Å²) in [6.07, 6.45) is 0.0891. The Morgan fingerprint density at radius 2 is 2.20 bits per heavy atom. The molecule has 0 aliphatic heterocycles. The van der Waals surface area contributed by atoms with Gasteiger partial charge in [0.15, 0.2) is 5.13 Å². The number of rotatable bonds is 5. The zero-order valence-electron chi connectivity index (χ0n) is 11.4. The Morgan fingerprint density at radius 3 is 2.90 bits per heavy atom. The summed E-state index contributed by atoms with van der Waals surface area (Å²) < 4.78 is 5.77. The van der Waals surface area contributed by atoms with Crippen molar-refractivity contribution in [3.63, 3.8) is 0 Å². The van der Waals surface area contributed by atoms with Gasteiger partial charge in [-0.1, -0.05) is 12.1 Å². The third-order valence-corrected chi connectivity index (χ3v) is 3.22. The number of thiazole rings is 1. The van der Waals surface area contributed by atoms with Gasteiger partial charge >= 0.3 is 0 Å². The SMILES string of the molecule is CC(C)Oc1ccccc1-c1csc(NC(=O)CN)n1. The Labute approximate surface area is 121 Å². The first-order valence-electron chi connectivity index (χ1n) is 6.31. The predicted octanol–water partition coefficient (Wildman–Crippen LogP) is 2.49. The molecule has 5 nitrogen and oxygen atoms in total. The van der Waals surface area contributed by atoms with Crippen molar-refractivity contribution in [3.05, 3.63) is 29.6 Å². The van der Waals surface area contributed by atoms with E-state index in [1.165, 1.54) is 11.3 Å². The quantitative estimate of drug-likeness (QED) is 0.887. The van der Waals surface area contributed by atoms with Gasteiger partial charge < -0.3 is 15.8 Å². The van der Waals surface area contributed by atoms with Crippen LogP contribution in [-0.2, 0) is 4.79 Å². The van der Waals surface area contributed by atoms with Crippen molar-refractivity contribution < 1.29 is 9.53 Å². The highest BCUT2D eigenvalue weighted by Gasteiger charge is 2.11. The zero-order chi connectivity index (χ0) is 14.5. The third kappa shape index (κ3) is 3.55. The molecule has 0 radical (unpaired) electrons. The molecule has 0 bridgehead atoms. The van der Waals surface area contributed by atoms with Crippen LogP contribution < -0.4 is 15.8 Å². The van der Waals surface area contributed by atoms with Crippen LogP contribution in [0.5, 0.6) is 5.75 Å². The summed E-state index contributed by atoms with van der Waals surface area (Å²) in [5.41, 5.74) is 6.95. The maximum atomic E-state index is 11.2. The molecule has 0 fully saturated rings. The van der Waals surface area contributed by atoms with Crippen LogP contribution in [0.4, 0.5) is 5.13 Å². The number of hydrogen-bond donors (Lipinski definition) is 2. The third-order valence-electron chi connectivity index (χ3n) is 2.46. The van der Waals surface area contributed by atoms with Gasteiger partial charge in [0.2, 0.25) is 5.91 Å². The number of benzene rings is 1. The fraction of sp³-hybridized carbons (Fsp3) is 0.286. The molecule has 1 amide bonds. The van der Waals surface area contributed by atoms with Crippen LogP contribution >= 0.6 is 11.3 Å². The molecular formula is C14H17N3O2S. The molecule has 0 atom stereocenters. The fourth-order valence-electron chi connectivity index (χ4n) is 1.66. The number of aromatic nitrogens is 1. The number of nitrogens with two attached hydrogens (primary N) is 1. The van der Waals surface area contributed by atoms with Crippen molar-refractivity contribution in [1.82, 2.24) is 4.98 Å². The van der Waals surface area contributed by atoms with E-state index in [0.29, 0.717) is 5.13 Å². The van der Waals surface area contributed by atoms with Crippen LogP contribution in [0.1, 0.15) is 13.8 Å². The summed E-state index contributed by atoms with van der Waals surface area (Å²) in [6, 6.07) is 7.71. The van der Waals surface area contributed by atoms with E-state index in [9.17, 15) is 4.79 Å². The molecule has 1 aromatic carbocycles. The minimum Gasteiger partial charge on any atom is -0.490 e. The second-order valence-electron chi connectivity index (χ2n) is 4.45. The summed E-state index contributed by atoms with van der Waals surface area (Å²) >= 11 is 1.36. The number of para-hydroxylation sites is 1. The summed E-state index contributed by atoms with van der Waals surface area (Å²) in [5.74, 6) is 0.530. The zero-order valence-corrected chi connectivity index (χ0v) is 12.2. The smallest absolute Gasteiger partial charge is 0.239 e. The summed E-state index contributed by atoms with van der Waals surface area (Å²) in [4.78, 5) is 15.6. The van der Waals surface area contributed by atoms with E-state index in [1.807, 2.05) is 43.5 Å². The second-order valence-corrected chi connectivity index (χ2v) is 5.31. The molecule has 106 valence electrons. The molecule has 2 aromatic rings. The molecule has 3 N–H and O–H groups in total. The van der Waals surface area contributed by atoms with E-state index in [1.54, 1.807) is 0 Å². The van der Waals surface area contributed by atoms with Gasteiger partial charge in [-0.3, -0.25) is 4.79 Å². The molecule has 20 heavy (non-hydrogen) atoms. The normalized spacial score (nSPS) is 10.6. The van der Waals surface area contributed by atoms with E-state index in [4.69, 9.17) is 10.5 Å². The number of carbonyl (C=O) groups is 1. The number of carbonyl (C=O) groups excluding carboxylic acids is 1. The van der Waals surface area contributed by atoms with Crippen molar-refractivity contribution in [2.75, 3.05) is 11.9 Å². The molecule has 0 aliphatic carbocycles. The lowest BCUT2D eigenvalue weighted by atomic mass is 10.1. The Bertz CT molecular complexity index is 596. The summed E-state index contributed by atoms with van der Waals surface area (Å²) in [6.45, 7) is 3.90. The van der Waals surface area contributed by atoms with E-state index >= 15 is 0 Å². The van der Waals surface area contributed by atoms with Gasteiger partial charge in [-0.25, -0.2) is 4.98 Å². The summed E-state index contributed by atoms with van der Waals surface area (Å²) in [7, 11) is 0. The molecule has 0 aliphatic rings. The van der Waals surface area contributed by atoms with Crippen molar-refractivity contribution in [2.24, 2.45) is 5.73 Å². The van der Waals surface area contributed by atoms with Crippen LogP contribution in [-0.4, -0.2) is 23.5 Å². The van der Waals surface area contributed by atoms with Gasteiger partial charge in [-0.15, -0.1) is 11.3 Å². The average Bonchev–Trinajstić information content (AvgIpc) is 2.87. The molecule has 0 saturated heterocycles. The molecule has 0 unspecified atom stereocenters. The van der Waals surface area contributed by atoms with Gasteiger partial charge in [-0.05, 0) is 26.0 Å². The standard InChI is InChI=1S/C14H17N3O2S/c1-9(2)19-12-6-4-3-5-10(12)11-8-20-14(16-11)17-13(18)7-15/h3-6,8-9H,7,15H2,1-2H3,(H,16,17,18). The number of ether oxygens (including phenoxy) is 1. The first-order chi connectivity index (χ1) is 9.60. The first-order valence-corrected chi connectivity index (χ1v) is 7.19. The molecule has 2 rings (SSSR count). The molecular weight excluding hydrogens is 274 g/mol. The van der Waals surface area contributed by atoms with Crippen LogP contribution in [0.3, 0.4) is 0 Å². The van der Waals surface area contributed by atoms with E-state index < -0.39 is 0 Å². The summed E-state index contributed by atoms with van der Waals surface area (Å²) in [5, 5.41) is 5.07. The van der Waals surface area contributed by atoms with Crippen LogP contribution in [0.15, 0.2) is 29.6 Å². The van der Waals surface area contributed by atoms with Gasteiger partial charge in [0.1, 0.15) is 5.75 Å². The lowest BCUT2D eigenvalue weighted by molar-refractivity contribution is -0.114. The van der Waals surface area contributed by atoms with Crippen molar-refractivity contribution in [2.45, 2.75) is 20.0 Å². The highest BCUT2D eigenvalue weighted by Crippen LogP contribution is 2.32. The van der Waals surface area contributed by atoms with Gasteiger partial charge in [0, 0.05) is 10.9 Å². The maximum absolute atomic E-state index is 11.2. The monoisotopic (exact) mass is 291 g/mol. The van der Waals surface area contributed by atoms with Crippen molar-refractivity contribution in [3.8, 4) is 17.0 Å². The van der Waals surface area contributed by atoms with Crippen LogP contribution in [0.25, 0.3) is 11.3 Å². The van der Waals surface area contributed by atoms with Crippen molar-refractivity contribution >= 4 is 22.4 Å². The van der Waals surface area contributed by atoms with Gasteiger partial charge in [0.25, 0.3) is 0 Å². The predicted molar refractivity (Wildman–Crippen MR) is 81.0 cm³/mol. The van der Waals surface area contributed by atoms with Crippen molar-refractivity contribution in [1.29, 1.82) is 0 Å². The molecule has 6 heteroatoms. The lowest BCUT2D eigenvalue weighted by Crippen LogP contribution is -2.21. The van der Waals surface area contributed by atoms with Gasteiger partial charge in [0.05, 0.1) is 18.3 Å². The average molecular weight is 291 g/mol. The topological polar surface area (TPSA) is 77.2 Å². The van der Waals surface area contributed by atoms with Crippen LogP contribution in [0, 0.1) is 0 Å². The first kappa shape index (κ1) is 14.5. The number of nitrogens with zero attached hydrogens (tertiary/aromatic N) is 1. The fourth-order valence-corrected chi connectivity index (χ4v) is 2.39. The maximum Gasteiger partial charge on any atom is 0.239 e. The second kappa shape index (κ2) is 6.49. The molecule has 1 aromatic heterocycles. The molecule has 0 saturated carbocycles. The van der Waals surface area contributed by atoms with Crippen LogP contribution in [0.2, 0.25) is 0 Å². The largest absolute Gasteiger partial charge is 0.490 e. The lowest BCUT2D eigenvalue weighted by Gasteiger charge is -2.12. The highest BCUT2D eigenvalue weighted by molar-refractivity contribution is 7.14. The Balaban J connectivity index is 2.25. The Morgan fingerprint density at radius 1 is 1.45 bits per heavy atom. The highest BCUT2D eigenvalue weighted by atomic mass is 32.1. The van der Waals surface area contributed by atoms with E-state index in [0.717, 1.165) is 17.0 Å². The molecule has 0 spiro atoms. The van der Waals surface area contributed by atoms with Gasteiger partial charge in [-0.2, -0.15) is 0 Å².